The molecule has 0 aromatic carbocycles. The van der Waals surface area contributed by atoms with Crippen LogP contribution in [0.1, 0.15) is 6.92 Å². The first-order chi connectivity index (χ1) is 6.97. The average molecular weight is 221 g/mol. The third-order valence-corrected chi connectivity index (χ3v) is 2.27. The van der Waals surface area contributed by atoms with Crippen molar-refractivity contribution in [2.75, 3.05) is 6.61 Å². The normalized spacial score (nSPS) is 41.3. The minimum absolute atomic E-state index is 0.455. The molecule has 1 heterocycles. The monoisotopic (exact) mass is 221 g/mol. The summed E-state index contributed by atoms with van der Waals surface area (Å²) in [5, 5.41) is 39.4. The Balaban J connectivity index is 2.74. The number of amides is 1. The van der Waals surface area contributed by atoms with Gasteiger partial charge in [0.2, 0.25) is 5.91 Å². The molecule has 1 saturated heterocycles. The first-order valence-corrected chi connectivity index (χ1v) is 4.55. The highest BCUT2D eigenvalue weighted by molar-refractivity contribution is 5.73. The number of hydrogen-bond acceptors (Lipinski definition) is 6. The van der Waals surface area contributed by atoms with Crippen LogP contribution in [0.25, 0.3) is 0 Å². The van der Waals surface area contributed by atoms with Gasteiger partial charge in [0.25, 0.3) is 0 Å². The van der Waals surface area contributed by atoms with E-state index in [-0.39, 0.29) is 0 Å². The van der Waals surface area contributed by atoms with Crippen molar-refractivity contribution in [2.24, 2.45) is 0 Å². The standard InChI is InChI=1S/C8H15NO6/c1-3(11)9-5-6(12)4(2-10)15-8(14)7(5)13/h4-8,10,12-14H,2H2,1H3,(H,9,11)/t4?,5-,6-,7-,8+/m0/s1. The van der Waals surface area contributed by atoms with Crippen molar-refractivity contribution in [3.05, 3.63) is 0 Å². The summed E-state index contributed by atoms with van der Waals surface area (Å²) in [5.41, 5.74) is 0. The molecule has 88 valence electrons. The fourth-order valence-electron chi connectivity index (χ4n) is 1.51. The van der Waals surface area contributed by atoms with Crippen LogP contribution in [0.3, 0.4) is 0 Å². The smallest absolute Gasteiger partial charge is 0.217 e. The van der Waals surface area contributed by atoms with E-state index in [9.17, 15) is 20.1 Å². The van der Waals surface area contributed by atoms with Gasteiger partial charge in [0.1, 0.15) is 18.3 Å². The maximum Gasteiger partial charge on any atom is 0.217 e. The first-order valence-electron chi connectivity index (χ1n) is 4.55. The van der Waals surface area contributed by atoms with Crippen molar-refractivity contribution in [2.45, 2.75) is 37.6 Å². The Kier molecular flexibility index (Phi) is 4.00. The summed E-state index contributed by atoms with van der Waals surface area (Å²) in [7, 11) is 0. The highest BCUT2D eigenvalue weighted by Gasteiger charge is 2.43. The van der Waals surface area contributed by atoms with Crippen molar-refractivity contribution in [3.63, 3.8) is 0 Å². The molecule has 7 heteroatoms. The number of carbonyl (C=O) groups excluding carboxylic acids is 1. The molecule has 1 aliphatic heterocycles. The minimum Gasteiger partial charge on any atom is -0.394 e. The highest BCUT2D eigenvalue weighted by atomic mass is 16.6. The SMILES string of the molecule is CC(=O)N[C@@H]1[C@H](O)[C@H](O)OC(CO)[C@@H]1O. The van der Waals surface area contributed by atoms with Crippen molar-refractivity contribution >= 4 is 5.91 Å². The topological polar surface area (TPSA) is 119 Å². The summed E-state index contributed by atoms with van der Waals surface area (Å²) >= 11 is 0. The molecule has 15 heavy (non-hydrogen) atoms. The minimum atomic E-state index is -1.54. The van der Waals surface area contributed by atoms with Gasteiger partial charge in [0, 0.05) is 6.92 Å². The molecule has 5 N–H and O–H groups in total. The zero-order valence-corrected chi connectivity index (χ0v) is 8.20. The van der Waals surface area contributed by atoms with Crippen molar-refractivity contribution in [1.29, 1.82) is 0 Å². The van der Waals surface area contributed by atoms with E-state index >= 15 is 0 Å². The van der Waals surface area contributed by atoms with Gasteiger partial charge < -0.3 is 30.5 Å². The zero-order valence-electron chi connectivity index (χ0n) is 8.20. The van der Waals surface area contributed by atoms with Crippen molar-refractivity contribution in [1.82, 2.24) is 5.32 Å². The van der Waals surface area contributed by atoms with Gasteiger partial charge in [-0.2, -0.15) is 0 Å². The Bertz CT molecular complexity index is 235. The van der Waals surface area contributed by atoms with Gasteiger partial charge in [0.15, 0.2) is 6.29 Å². The van der Waals surface area contributed by atoms with E-state index in [1.807, 2.05) is 0 Å². The summed E-state index contributed by atoms with van der Waals surface area (Å²) in [4.78, 5) is 10.8. The van der Waals surface area contributed by atoms with Crippen LogP contribution in [0.2, 0.25) is 0 Å². The second kappa shape index (κ2) is 4.86. The predicted molar refractivity (Wildman–Crippen MR) is 47.6 cm³/mol. The van der Waals surface area contributed by atoms with E-state index in [0.717, 1.165) is 0 Å². The summed E-state index contributed by atoms with van der Waals surface area (Å²) in [5.74, 6) is -0.455. The lowest BCUT2D eigenvalue weighted by molar-refractivity contribution is -0.261. The van der Waals surface area contributed by atoms with E-state index in [2.05, 4.69) is 5.32 Å². The van der Waals surface area contributed by atoms with Gasteiger partial charge in [-0.25, -0.2) is 0 Å². The second-order valence-corrected chi connectivity index (χ2v) is 3.46. The van der Waals surface area contributed by atoms with Gasteiger partial charge in [-0.3, -0.25) is 4.79 Å². The lowest BCUT2D eigenvalue weighted by atomic mass is 9.96. The predicted octanol–water partition coefficient (Wildman–Crippen LogP) is -3.08. The first kappa shape index (κ1) is 12.3. The van der Waals surface area contributed by atoms with Gasteiger partial charge in [-0.15, -0.1) is 0 Å². The molecule has 0 saturated carbocycles. The molecule has 0 aromatic rings. The second-order valence-electron chi connectivity index (χ2n) is 3.46. The number of aliphatic hydroxyl groups excluding tert-OH is 4. The van der Waals surface area contributed by atoms with E-state index in [1.54, 1.807) is 0 Å². The number of hydrogen-bond donors (Lipinski definition) is 5. The summed E-state index contributed by atoms with van der Waals surface area (Å²) in [6.07, 6.45) is -5.26. The fraction of sp³-hybridized carbons (Fsp3) is 0.875. The van der Waals surface area contributed by atoms with Gasteiger partial charge in [-0.1, -0.05) is 0 Å². The molecule has 1 aliphatic rings. The third-order valence-electron chi connectivity index (χ3n) is 2.27. The molecule has 1 amide bonds. The number of ether oxygens (including phenoxy) is 1. The van der Waals surface area contributed by atoms with Crippen molar-refractivity contribution in [3.8, 4) is 0 Å². The van der Waals surface area contributed by atoms with Gasteiger partial charge >= 0.3 is 0 Å². The highest BCUT2D eigenvalue weighted by Crippen LogP contribution is 2.19. The quantitative estimate of drug-likeness (QED) is 0.337. The van der Waals surface area contributed by atoms with E-state index in [1.165, 1.54) is 6.92 Å². The Morgan fingerprint density at radius 2 is 1.93 bits per heavy atom. The molecule has 7 nitrogen and oxygen atoms in total. The van der Waals surface area contributed by atoms with Crippen LogP contribution in [-0.4, -0.2) is 63.6 Å². The summed E-state index contributed by atoms with van der Waals surface area (Å²) in [6, 6.07) is -1.05. The van der Waals surface area contributed by atoms with Crippen LogP contribution >= 0.6 is 0 Å². The Morgan fingerprint density at radius 3 is 2.40 bits per heavy atom. The molecule has 0 aromatic heterocycles. The molecule has 1 fully saturated rings. The van der Waals surface area contributed by atoms with Crippen LogP contribution in [0, 0.1) is 0 Å². The summed E-state index contributed by atoms with van der Waals surface area (Å²) < 4.78 is 4.73. The summed E-state index contributed by atoms with van der Waals surface area (Å²) in [6.45, 7) is 0.705. The molecule has 5 atom stereocenters. The van der Waals surface area contributed by atoms with Crippen LogP contribution in [0.5, 0.6) is 0 Å². The number of aliphatic hydroxyl groups is 4. The molecule has 0 radical (unpaired) electrons. The van der Waals surface area contributed by atoms with Crippen LogP contribution < -0.4 is 5.32 Å². The molecule has 0 bridgehead atoms. The van der Waals surface area contributed by atoms with Crippen LogP contribution in [0.15, 0.2) is 0 Å². The lowest BCUT2D eigenvalue weighted by Gasteiger charge is -2.40. The van der Waals surface area contributed by atoms with Crippen LogP contribution in [0.4, 0.5) is 0 Å². The average Bonchev–Trinajstić information content (AvgIpc) is 2.18. The zero-order chi connectivity index (χ0) is 11.6. The number of carbonyl (C=O) groups is 1. The maximum absolute atomic E-state index is 10.8. The van der Waals surface area contributed by atoms with E-state index in [4.69, 9.17) is 9.84 Å². The molecule has 1 rings (SSSR count). The Morgan fingerprint density at radius 1 is 1.33 bits per heavy atom. The van der Waals surface area contributed by atoms with E-state index < -0.39 is 43.2 Å². The van der Waals surface area contributed by atoms with E-state index in [0.29, 0.717) is 0 Å². The molecular formula is C8H15NO6. The Hall–Kier alpha value is -0.730. The van der Waals surface area contributed by atoms with Crippen molar-refractivity contribution < 1.29 is 30.0 Å². The lowest BCUT2D eigenvalue weighted by Crippen LogP contribution is -2.64. The maximum atomic E-state index is 10.8. The van der Waals surface area contributed by atoms with Gasteiger partial charge in [0.05, 0.1) is 12.6 Å². The van der Waals surface area contributed by atoms with Crippen LogP contribution in [-0.2, 0) is 9.53 Å². The fourth-order valence-corrected chi connectivity index (χ4v) is 1.51. The number of nitrogens with one attached hydrogen (secondary N) is 1. The largest absolute Gasteiger partial charge is 0.394 e. The third kappa shape index (κ3) is 2.64. The van der Waals surface area contributed by atoms with Gasteiger partial charge in [-0.05, 0) is 0 Å². The Labute approximate surface area is 86.3 Å². The molecule has 0 spiro atoms. The molecule has 0 aliphatic carbocycles. The molecule has 1 unspecified atom stereocenters. The number of rotatable bonds is 2. The molecular weight excluding hydrogens is 206 g/mol.